The lowest BCUT2D eigenvalue weighted by Gasteiger charge is -2.25. The Morgan fingerprint density at radius 2 is 1.83 bits per heavy atom. The van der Waals surface area contributed by atoms with Gasteiger partial charge in [-0.05, 0) is 37.1 Å². The molecule has 1 saturated heterocycles. The molecule has 0 amide bonds. The second-order valence-electron chi connectivity index (χ2n) is 6.70. The van der Waals surface area contributed by atoms with Gasteiger partial charge in [-0.2, -0.15) is 4.31 Å². The van der Waals surface area contributed by atoms with Crippen LogP contribution in [0.5, 0.6) is 5.75 Å². The maximum atomic E-state index is 12.8. The average Bonchev–Trinajstić information content (AvgIpc) is 3.24. The molecule has 2 aromatic rings. The molecule has 0 bridgehead atoms. The summed E-state index contributed by atoms with van der Waals surface area (Å²) in [6, 6.07) is 13.2. The van der Waals surface area contributed by atoms with Crippen molar-refractivity contribution in [2.24, 2.45) is 4.99 Å². The Morgan fingerprint density at radius 3 is 2.53 bits per heavy atom. The van der Waals surface area contributed by atoms with Crippen LogP contribution in [-0.4, -0.2) is 52.0 Å². The number of rotatable bonds is 8. The van der Waals surface area contributed by atoms with Crippen LogP contribution in [0.15, 0.2) is 51.7 Å². The van der Waals surface area contributed by atoms with Crippen LogP contribution in [0.4, 0.5) is 0 Å². The number of nitrogens with zero attached hydrogens (tertiary/aromatic N) is 2. The Morgan fingerprint density at radius 1 is 1.10 bits per heavy atom. The third kappa shape index (κ3) is 7.10. The summed E-state index contributed by atoms with van der Waals surface area (Å²) >= 11 is 1.31. The SMILES string of the molecule is CN=C(NCCOc1ccccc1)NCc1ccc(S(=O)(=O)N2CCCCC2)s1.I. The van der Waals surface area contributed by atoms with Crippen LogP contribution in [0.2, 0.25) is 0 Å². The van der Waals surface area contributed by atoms with Gasteiger partial charge in [0.25, 0.3) is 10.0 Å². The second-order valence-corrected chi connectivity index (χ2v) is 10.0. The molecule has 2 heterocycles. The molecule has 30 heavy (non-hydrogen) atoms. The number of aliphatic imine (C=N–C) groups is 1. The van der Waals surface area contributed by atoms with Crippen LogP contribution < -0.4 is 15.4 Å². The Balaban J connectivity index is 0.00000320. The Labute approximate surface area is 200 Å². The highest BCUT2D eigenvalue weighted by Crippen LogP contribution is 2.27. The third-order valence-corrected chi connectivity index (χ3v) is 8.06. The summed E-state index contributed by atoms with van der Waals surface area (Å²) in [4.78, 5) is 5.14. The topological polar surface area (TPSA) is 83.0 Å². The summed E-state index contributed by atoms with van der Waals surface area (Å²) in [5, 5.41) is 6.40. The molecular formula is C20H29IN4O3S2. The summed E-state index contributed by atoms with van der Waals surface area (Å²) in [6.07, 6.45) is 2.98. The molecule has 2 N–H and O–H groups in total. The number of hydrogen-bond acceptors (Lipinski definition) is 5. The highest BCUT2D eigenvalue weighted by molar-refractivity contribution is 14.0. The van der Waals surface area contributed by atoms with Crippen molar-refractivity contribution in [2.75, 3.05) is 33.3 Å². The Hall–Kier alpha value is -1.37. The Bertz CT molecular complexity index is 898. The van der Waals surface area contributed by atoms with Crippen molar-refractivity contribution >= 4 is 51.3 Å². The summed E-state index contributed by atoms with van der Waals surface area (Å²) in [5.74, 6) is 1.48. The van der Waals surface area contributed by atoms with E-state index in [-0.39, 0.29) is 24.0 Å². The van der Waals surface area contributed by atoms with Gasteiger partial charge >= 0.3 is 0 Å². The van der Waals surface area contributed by atoms with E-state index in [2.05, 4.69) is 15.6 Å². The maximum Gasteiger partial charge on any atom is 0.252 e. The van der Waals surface area contributed by atoms with Crippen LogP contribution in [-0.2, 0) is 16.6 Å². The lowest BCUT2D eigenvalue weighted by molar-refractivity contribution is 0.322. The van der Waals surface area contributed by atoms with Crippen molar-refractivity contribution in [3.8, 4) is 5.75 Å². The fourth-order valence-corrected chi connectivity index (χ4v) is 6.04. The minimum Gasteiger partial charge on any atom is -0.492 e. The molecule has 0 radical (unpaired) electrons. The van der Waals surface area contributed by atoms with Gasteiger partial charge in [-0.15, -0.1) is 35.3 Å². The standard InChI is InChI=1S/C20H28N4O3S2.HI/c1-21-20(22-12-15-27-17-8-4-2-5-9-17)23-16-18-10-11-19(28-18)29(25,26)24-13-6-3-7-14-24;/h2,4-5,8-11H,3,6-7,12-16H2,1H3,(H2,21,22,23);1H. The Kier molecular flexibility index (Phi) is 10.4. The quantitative estimate of drug-likeness (QED) is 0.223. The number of hydrogen-bond donors (Lipinski definition) is 2. The zero-order chi connectivity index (χ0) is 20.5. The zero-order valence-electron chi connectivity index (χ0n) is 17.0. The molecule has 3 rings (SSSR count). The van der Waals surface area contributed by atoms with Crippen molar-refractivity contribution in [2.45, 2.75) is 30.0 Å². The van der Waals surface area contributed by atoms with E-state index >= 15 is 0 Å². The first-order valence-electron chi connectivity index (χ1n) is 9.81. The molecule has 0 unspecified atom stereocenters. The number of guanidine groups is 1. The molecule has 0 aliphatic carbocycles. The summed E-state index contributed by atoms with van der Waals surface area (Å²) in [5.41, 5.74) is 0. The van der Waals surface area contributed by atoms with Crippen LogP contribution in [0.25, 0.3) is 0 Å². The van der Waals surface area contributed by atoms with Crippen molar-refractivity contribution in [3.05, 3.63) is 47.3 Å². The fourth-order valence-electron chi connectivity index (χ4n) is 3.07. The number of sulfonamides is 1. The molecule has 1 aromatic heterocycles. The molecule has 1 aliphatic rings. The lowest BCUT2D eigenvalue weighted by Crippen LogP contribution is -2.38. The summed E-state index contributed by atoms with van der Waals surface area (Å²) in [6.45, 7) is 2.87. The summed E-state index contributed by atoms with van der Waals surface area (Å²) in [7, 11) is -1.67. The van der Waals surface area contributed by atoms with Crippen LogP contribution in [0.1, 0.15) is 24.1 Å². The monoisotopic (exact) mass is 564 g/mol. The highest BCUT2D eigenvalue weighted by Gasteiger charge is 2.27. The lowest BCUT2D eigenvalue weighted by atomic mass is 10.2. The van der Waals surface area contributed by atoms with Gasteiger partial charge in [-0.25, -0.2) is 8.42 Å². The molecule has 0 atom stereocenters. The number of piperidine rings is 1. The normalized spacial score (nSPS) is 15.3. The second kappa shape index (κ2) is 12.5. The molecular weight excluding hydrogens is 535 g/mol. The van der Waals surface area contributed by atoms with Crippen molar-refractivity contribution in [3.63, 3.8) is 0 Å². The molecule has 166 valence electrons. The molecule has 10 heteroatoms. The number of thiophene rings is 1. The first kappa shape index (κ1) is 24.9. The summed E-state index contributed by atoms with van der Waals surface area (Å²) < 4.78 is 33.2. The minimum absolute atomic E-state index is 0. The van der Waals surface area contributed by atoms with E-state index in [9.17, 15) is 8.42 Å². The van der Waals surface area contributed by atoms with E-state index in [4.69, 9.17) is 4.74 Å². The predicted octanol–water partition coefficient (Wildman–Crippen LogP) is 3.28. The van der Waals surface area contributed by atoms with Gasteiger partial charge in [0.05, 0.1) is 13.1 Å². The van der Waals surface area contributed by atoms with Gasteiger partial charge in [0.2, 0.25) is 0 Å². The smallest absolute Gasteiger partial charge is 0.252 e. The van der Waals surface area contributed by atoms with E-state index in [0.29, 0.717) is 43.0 Å². The van der Waals surface area contributed by atoms with Gasteiger partial charge in [-0.3, -0.25) is 4.99 Å². The first-order valence-corrected chi connectivity index (χ1v) is 12.1. The van der Waals surface area contributed by atoms with E-state index in [1.807, 2.05) is 36.4 Å². The molecule has 1 aromatic carbocycles. The third-order valence-electron chi connectivity index (χ3n) is 4.61. The van der Waals surface area contributed by atoms with Gasteiger partial charge in [-0.1, -0.05) is 24.6 Å². The van der Waals surface area contributed by atoms with E-state index in [1.165, 1.54) is 11.3 Å². The maximum absolute atomic E-state index is 12.8. The van der Waals surface area contributed by atoms with E-state index < -0.39 is 10.0 Å². The first-order chi connectivity index (χ1) is 14.1. The van der Waals surface area contributed by atoms with Crippen molar-refractivity contribution in [1.29, 1.82) is 0 Å². The molecule has 1 fully saturated rings. The number of halogens is 1. The van der Waals surface area contributed by atoms with Gasteiger partial charge in [0.15, 0.2) is 5.96 Å². The number of benzene rings is 1. The molecule has 0 saturated carbocycles. The number of para-hydroxylation sites is 1. The zero-order valence-corrected chi connectivity index (χ0v) is 21.0. The van der Waals surface area contributed by atoms with Crippen molar-refractivity contribution < 1.29 is 13.2 Å². The molecule has 0 spiro atoms. The average molecular weight is 565 g/mol. The van der Waals surface area contributed by atoms with E-state index in [1.54, 1.807) is 17.4 Å². The van der Waals surface area contributed by atoms with Gasteiger partial charge < -0.3 is 15.4 Å². The van der Waals surface area contributed by atoms with Crippen LogP contribution in [0.3, 0.4) is 0 Å². The largest absolute Gasteiger partial charge is 0.492 e. The van der Waals surface area contributed by atoms with Crippen molar-refractivity contribution in [1.82, 2.24) is 14.9 Å². The van der Waals surface area contributed by atoms with E-state index in [0.717, 1.165) is 29.9 Å². The minimum atomic E-state index is -3.37. The molecule has 7 nitrogen and oxygen atoms in total. The van der Waals surface area contributed by atoms with Crippen LogP contribution in [0, 0.1) is 0 Å². The number of nitrogens with one attached hydrogen (secondary N) is 2. The van der Waals surface area contributed by atoms with Gasteiger partial charge in [0.1, 0.15) is 16.6 Å². The van der Waals surface area contributed by atoms with Gasteiger partial charge in [0, 0.05) is 25.0 Å². The molecule has 1 aliphatic heterocycles. The highest BCUT2D eigenvalue weighted by atomic mass is 127. The fraction of sp³-hybridized carbons (Fsp3) is 0.450. The number of ether oxygens (including phenoxy) is 1. The van der Waals surface area contributed by atoms with Crippen LogP contribution >= 0.6 is 35.3 Å². The predicted molar refractivity (Wildman–Crippen MR) is 132 cm³/mol.